The number of aliphatic hydroxyl groups excluding tert-OH is 1. The molecule has 5 nitrogen and oxygen atoms in total. The molecule has 1 N–H and O–H groups in total. The van der Waals surface area contributed by atoms with Crippen LogP contribution in [0.3, 0.4) is 0 Å². The molecule has 5 heteroatoms. The molecule has 1 heterocycles. The van der Waals surface area contributed by atoms with E-state index in [-0.39, 0.29) is 6.10 Å². The fourth-order valence-corrected chi connectivity index (χ4v) is 2.87. The van der Waals surface area contributed by atoms with Gasteiger partial charge in [0.1, 0.15) is 0 Å². The van der Waals surface area contributed by atoms with Crippen molar-refractivity contribution in [2.45, 2.75) is 12.6 Å². The Labute approximate surface area is 133 Å². The van der Waals surface area contributed by atoms with Crippen LogP contribution in [0.2, 0.25) is 0 Å². The van der Waals surface area contributed by atoms with Crippen molar-refractivity contribution in [2.24, 2.45) is 0 Å². The predicted octanol–water partition coefficient (Wildman–Crippen LogP) is 0.598. The molecule has 1 unspecified atom stereocenters. The van der Waals surface area contributed by atoms with Gasteiger partial charge in [0.2, 0.25) is 0 Å². The van der Waals surface area contributed by atoms with Gasteiger partial charge in [0.25, 0.3) is 0 Å². The second kappa shape index (κ2) is 8.25. The summed E-state index contributed by atoms with van der Waals surface area (Å²) in [5.74, 6) is 0. The maximum Gasteiger partial charge on any atom is 0.0995 e. The highest BCUT2D eigenvalue weighted by molar-refractivity contribution is 5.37. The van der Waals surface area contributed by atoms with Gasteiger partial charge < -0.3 is 10.0 Å². The number of nitriles is 1. The van der Waals surface area contributed by atoms with Gasteiger partial charge in [0, 0.05) is 45.8 Å². The van der Waals surface area contributed by atoms with E-state index < -0.39 is 0 Å². The first-order valence-corrected chi connectivity index (χ1v) is 7.84. The number of hydrogen-bond acceptors (Lipinski definition) is 5. The summed E-state index contributed by atoms with van der Waals surface area (Å²) in [5, 5.41) is 19.4. The third-order valence-electron chi connectivity index (χ3n) is 4.17. The number of aliphatic hydroxyl groups is 1. The van der Waals surface area contributed by atoms with E-state index in [9.17, 15) is 5.11 Å². The summed E-state index contributed by atoms with van der Waals surface area (Å²) < 4.78 is 0. The van der Waals surface area contributed by atoms with Crippen LogP contribution in [0.4, 0.5) is 0 Å². The standard InChI is InChI=1S/C17H26N4O/c1-19-7-9-21(10-8-19)14-17(22)13-20(2)12-16-6-4-3-5-15(16)11-18/h3-6,17,22H,7-10,12-14H2,1-2H3. The Morgan fingerprint density at radius 2 is 1.95 bits per heavy atom. The van der Waals surface area contributed by atoms with E-state index in [1.165, 1.54) is 0 Å². The van der Waals surface area contributed by atoms with Gasteiger partial charge in [-0.05, 0) is 25.7 Å². The van der Waals surface area contributed by atoms with E-state index in [4.69, 9.17) is 5.26 Å². The van der Waals surface area contributed by atoms with Gasteiger partial charge >= 0.3 is 0 Å². The topological polar surface area (TPSA) is 53.7 Å². The zero-order chi connectivity index (χ0) is 15.9. The highest BCUT2D eigenvalue weighted by Crippen LogP contribution is 2.10. The largest absolute Gasteiger partial charge is 0.390 e. The molecule has 0 aliphatic carbocycles. The second-order valence-electron chi connectivity index (χ2n) is 6.22. The van der Waals surface area contributed by atoms with E-state index in [0.717, 1.165) is 38.3 Å². The molecular weight excluding hydrogens is 276 g/mol. The number of nitrogens with zero attached hydrogens (tertiary/aromatic N) is 4. The van der Waals surface area contributed by atoms with Crippen molar-refractivity contribution < 1.29 is 5.11 Å². The molecule has 1 saturated heterocycles. The summed E-state index contributed by atoms with van der Waals surface area (Å²) in [6.45, 7) is 6.20. The minimum Gasteiger partial charge on any atom is -0.390 e. The summed E-state index contributed by atoms with van der Waals surface area (Å²) in [4.78, 5) is 6.71. The fraction of sp³-hybridized carbons (Fsp3) is 0.588. The first kappa shape index (κ1) is 16.9. The van der Waals surface area contributed by atoms with Gasteiger partial charge in [-0.15, -0.1) is 0 Å². The minimum absolute atomic E-state index is 0.359. The first-order chi connectivity index (χ1) is 10.6. The number of benzene rings is 1. The zero-order valence-corrected chi connectivity index (χ0v) is 13.6. The number of piperazine rings is 1. The Morgan fingerprint density at radius 3 is 2.64 bits per heavy atom. The van der Waals surface area contributed by atoms with Crippen LogP contribution in [0.15, 0.2) is 24.3 Å². The molecule has 120 valence electrons. The number of likely N-dealkylation sites (N-methyl/N-ethyl adjacent to an activating group) is 2. The average Bonchev–Trinajstić information content (AvgIpc) is 2.50. The van der Waals surface area contributed by atoms with Crippen LogP contribution in [-0.4, -0.2) is 79.3 Å². The monoisotopic (exact) mass is 302 g/mol. The molecule has 0 amide bonds. The van der Waals surface area contributed by atoms with Crippen molar-refractivity contribution in [3.63, 3.8) is 0 Å². The molecule has 0 spiro atoms. The quantitative estimate of drug-likeness (QED) is 0.834. The van der Waals surface area contributed by atoms with Crippen molar-refractivity contribution in [1.82, 2.24) is 14.7 Å². The minimum atomic E-state index is -0.359. The van der Waals surface area contributed by atoms with Gasteiger partial charge in [0.05, 0.1) is 17.7 Å². The van der Waals surface area contributed by atoms with Crippen LogP contribution in [0.25, 0.3) is 0 Å². The van der Waals surface area contributed by atoms with E-state index in [1.807, 2.05) is 31.3 Å². The first-order valence-electron chi connectivity index (χ1n) is 7.84. The summed E-state index contributed by atoms with van der Waals surface area (Å²) >= 11 is 0. The summed E-state index contributed by atoms with van der Waals surface area (Å²) in [6.07, 6.45) is -0.359. The Bertz CT molecular complexity index is 506. The Hall–Kier alpha value is -1.45. The molecule has 0 aromatic heterocycles. The van der Waals surface area contributed by atoms with Crippen LogP contribution in [-0.2, 0) is 6.54 Å². The molecule has 22 heavy (non-hydrogen) atoms. The molecule has 0 radical (unpaired) electrons. The normalized spacial score (nSPS) is 18.3. The third kappa shape index (κ3) is 5.08. The number of β-amino-alcohol motifs (C(OH)–C–C–N with tert-alkyl or cyclic N) is 1. The van der Waals surface area contributed by atoms with Gasteiger partial charge in [-0.25, -0.2) is 0 Å². The SMILES string of the molecule is CN1CCN(CC(O)CN(C)Cc2ccccc2C#N)CC1. The Morgan fingerprint density at radius 1 is 1.27 bits per heavy atom. The second-order valence-corrected chi connectivity index (χ2v) is 6.22. The van der Waals surface area contributed by atoms with E-state index in [1.54, 1.807) is 0 Å². The molecule has 1 fully saturated rings. The Balaban J connectivity index is 1.79. The molecule has 1 aliphatic heterocycles. The lowest BCUT2D eigenvalue weighted by Gasteiger charge is -2.34. The van der Waals surface area contributed by atoms with E-state index in [0.29, 0.717) is 18.7 Å². The van der Waals surface area contributed by atoms with Crippen molar-refractivity contribution in [2.75, 3.05) is 53.4 Å². The van der Waals surface area contributed by atoms with Crippen LogP contribution in [0.1, 0.15) is 11.1 Å². The van der Waals surface area contributed by atoms with Crippen LogP contribution in [0, 0.1) is 11.3 Å². The highest BCUT2D eigenvalue weighted by atomic mass is 16.3. The summed E-state index contributed by atoms with van der Waals surface area (Å²) in [7, 11) is 4.12. The van der Waals surface area contributed by atoms with Gasteiger partial charge in [-0.1, -0.05) is 18.2 Å². The van der Waals surface area contributed by atoms with Gasteiger partial charge in [0.15, 0.2) is 0 Å². The van der Waals surface area contributed by atoms with Crippen molar-refractivity contribution >= 4 is 0 Å². The van der Waals surface area contributed by atoms with Crippen molar-refractivity contribution in [3.8, 4) is 6.07 Å². The van der Waals surface area contributed by atoms with E-state index in [2.05, 4.69) is 27.8 Å². The van der Waals surface area contributed by atoms with Crippen molar-refractivity contribution in [1.29, 1.82) is 5.26 Å². The molecule has 1 aromatic carbocycles. The lowest BCUT2D eigenvalue weighted by Crippen LogP contribution is -2.48. The molecule has 0 bridgehead atoms. The van der Waals surface area contributed by atoms with Crippen LogP contribution in [0.5, 0.6) is 0 Å². The van der Waals surface area contributed by atoms with Gasteiger partial charge in [-0.3, -0.25) is 9.80 Å². The van der Waals surface area contributed by atoms with Crippen molar-refractivity contribution in [3.05, 3.63) is 35.4 Å². The van der Waals surface area contributed by atoms with Crippen LogP contribution >= 0.6 is 0 Å². The molecule has 1 aliphatic rings. The lowest BCUT2D eigenvalue weighted by atomic mass is 10.1. The third-order valence-corrected chi connectivity index (χ3v) is 4.17. The molecule has 2 rings (SSSR count). The van der Waals surface area contributed by atoms with E-state index >= 15 is 0 Å². The molecule has 1 atom stereocenters. The molecule has 1 aromatic rings. The maximum absolute atomic E-state index is 10.3. The number of rotatable bonds is 6. The predicted molar refractivity (Wildman–Crippen MR) is 87.4 cm³/mol. The summed E-state index contributed by atoms with van der Waals surface area (Å²) in [5.41, 5.74) is 1.72. The lowest BCUT2D eigenvalue weighted by molar-refractivity contribution is 0.0594. The number of hydrogen-bond donors (Lipinski definition) is 1. The fourth-order valence-electron chi connectivity index (χ4n) is 2.87. The summed E-state index contributed by atoms with van der Waals surface area (Å²) in [6, 6.07) is 9.86. The Kier molecular flexibility index (Phi) is 6.34. The van der Waals surface area contributed by atoms with Crippen LogP contribution < -0.4 is 0 Å². The maximum atomic E-state index is 10.3. The average molecular weight is 302 g/mol. The molecular formula is C17H26N4O. The highest BCUT2D eigenvalue weighted by Gasteiger charge is 2.18. The zero-order valence-electron chi connectivity index (χ0n) is 13.6. The van der Waals surface area contributed by atoms with Gasteiger partial charge in [-0.2, -0.15) is 5.26 Å². The smallest absolute Gasteiger partial charge is 0.0995 e. The molecule has 0 saturated carbocycles.